The van der Waals surface area contributed by atoms with Gasteiger partial charge in [0, 0.05) is 37.0 Å². The van der Waals surface area contributed by atoms with Gasteiger partial charge < -0.3 is 10.6 Å². The van der Waals surface area contributed by atoms with Crippen molar-refractivity contribution in [3.63, 3.8) is 0 Å². The van der Waals surface area contributed by atoms with Crippen LogP contribution in [0.5, 0.6) is 0 Å². The number of aromatic nitrogens is 3. The van der Waals surface area contributed by atoms with Crippen LogP contribution < -0.4 is 5.73 Å². The molecule has 0 bridgehead atoms. The first-order chi connectivity index (χ1) is 12.7. The van der Waals surface area contributed by atoms with Gasteiger partial charge in [0.2, 0.25) is 5.91 Å². The summed E-state index contributed by atoms with van der Waals surface area (Å²) in [4.78, 5) is 18.0. The number of fused-ring (bicyclic) bond motifs is 1. The van der Waals surface area contributed by atoms with E-state index in [0.717, 1.165) is 12.1 Å². The SMILES string of the molecule is Cc1cc(-c2ncn(/C=C\C(=O)N3CC4C(N)C4C3)n2)cc(C(F)(F)F)c1. The molecule has 0 radical (unpaired) electrons. The maximum absolute atomic E-state index is 13.0. The molecule has 0 spiro atoms. The molecule has 1 aromatic carbocycles. The summed E-state index contributed by atoms with van der Waals surface area (Å²) in [5.41, 5.74) is 5.85. The molecule has 2 N–H and O–H groups in total. The first-order valence-corrected chi connectivity index (χ1v) is 8.55. The fourth-order valence-corrected chi connectivity index (χ4v) is 3.55. The maximum atomic E-state index is 13.0. The zero-order valence-corrected chi connectivity index (χ0v) is 14.5. The Balaban J connectivity index is 1.47. The van der Waals surface area contributed by atoms with Crippen LogP contribution >= 0.6 is 0 Å². The predicted octanol–water partition coefficient (Wildman–Crippen LogP) is 2.16. The minimum absolute atomic E-state index is 0.138. The second-order valence-electron chi connectivity index (χ2n) is 7.10. The number of halogens is 3. The zero-order valence-electron chi connectivity index (χ0n) is 14.5. The smallest absolute Gasteiger partial charge is 0.338 e. The molecule has 1 saturated carbocycles. The van der Waals surface area contributed by atoms with Gasteiger partial charge in [-0.05, 0) is 42.5 Å². The highest BCUT2D eigenvalue weighted by Gasteiger charge is 2.54. The van der Waals surface area contributed by atoms with Gasteiger partial charge in [0.1, 0.15) is 6.33 Å². The molecule has 2 fully saturated rings. The first-order valence-electron chi connectivity index (χ1n) is 8.55. The van der Waals surface area contributed by atoms with Gasteiger partial charge in [-0.2, -0.15) is 13.2 Å². The monoisotopic (exact) mass is 377 g/mol. The normalized spacial score (nSPS) is 24.5. The lowest BCUT2D eigenvalue weighted by molar-refractivity contribution is -0.137. The van der Waals surface area contributed by atoms with Gasteiger partial charge in [0.05, 0.1) is 5.56 Å². The average Bonchev–Trinajstić information content (AvgIpc) is 3.05. The lowest BCUT2D eigenvalue weighted by Crippen LogP contribution is -2.32. The van der Waals surface area contributed by atoms with E-state index >= 15 is 0 Å². The largest absolute Gasteiger partial charge is 0.416 e. The molecule has 1 saturated heterocycles. The fraction of sp³-hybridized carbons (Fsp3) is 0.389. The minimum atomic E-state index is -4.44. The van der Waals surface area contributed by atoms with E-state index < -0.39 is 11.7 Å². The molecular weight excluding hydrogens is 359 g/mol. The van der Waals surface area contributed by atoms with E-state index in [1.807, 2.05) is 0 Å². The summed E-state index contributed by atoms with van der Waals surface area (Å²) in [6.07, 6.45) is -0.254. The molecule has 2 unspecified atom stereocenters. The van der Waals surface area contributed by atoms with Crippen LogP contribution in [0.1, 0.15) is 11.1 Å². The summed E-state index contributed by atoms with van der Waals surface area (Å²) in [5, 5.41) is 4.14. The van der Waals surface area contributed by atoms with Crippen LogP contribution in [0.15, 0.2) is 30.6 Å². The number of amides is 1. The summed E-state index contributed by atoms with van der Waals surface area (Å²) in [6, 6.07) is 3.89. The van der Waals surface area contributed by atoms with Crippen molar-refractivity contribution in [3.05, 3.63) is 41.7 Å². The van der Waals surface area contributed by atoms with Crippen molar-refractivity contribution in [2.45, 2.75) is 19.1 Å². The van der Waals surface area contributed by atoms with Crippen molar-refractivity contribution in [2.24, 2.45) is 17.6 Å². The van der Waals surface area contributed by atoms with Gasteiger partial charge in [0.15, 0.2) is 5.82 Å². The zero-order chi connectivity index (χ0) is 19.3. The minimum Gasteiger partial charge on any atom is -0.338 e. The van der Waals surface area contributed by atoms with Crippen molar-refractivity contribution < 1.29 is 18.0 Å². The van der Waals surface area contributed by atoms with E-state index in [2.05, 4.69) is 10.1 Å². The first kappa shape index (κ1) is 17.7. The number of carbonyl (C=O) groups excluding carboxylic acids is 1. The summed E-state index contributed by atoms with van der Waals surface area (Å²) >= 11 is 0. The Labute approximate surface area is 153 Å². The number of aryl methyl sites for hydroxylation is 1. The second-order valence-corrected chi connectivity index (χ2v) is 7.10. The number of rotatable bonds is 3. The number of benzene rings is 1. The molecule has 1 aromatic heterocycles. The Hall–Kier alpha value is -2.68. The molecule has 4 rings (SSSR count). The van der Waals surface area contributed by atoms with Gasteiger partial charge in [-0.3, -0.25) is 4.79 Å². The molecule has 6 nitrogen and oxygen atoms in total. The maximum Gasteiger partial charge on any atom is 0.416 e. The van der Waals surface area contributed by atoms with Gasteiger partial charge in [0.25, 0.3) is 0 Å². The third-order valence-electron chi connectivity index (χ3n) is 5.11. The van der Waals surface area contributed by atoms with Crippen molar-refractivity contribution in [2.75, 3.05) is 13.1 Å². The van der Waals surface area contributed by atoms with Crippen molar-refractivity contribution in [1.29, 1.82) is 0 Å². The molecule has 142 valence electrons. The number of alkyl halides is 3. The number of nitrogens with zero attached hydrogens (tertiary/aromatic N) is 4. The van der Waals surface area contributed by atoms with E-state index in [4.69, 9.17) is 5.73 Å². The van der Waals surface area contributed by atoms with Gasteiger partial charge in [-0.25, -0.2) is 9.67 Å². The number of likely N-dealkylation sites (tertiary alicyclic amines) is 1. The van der Waals surface area contributed by atoms with E-state index in [0.29, 0.717) is 30.5 Å². The van der Waals surface area contributed by atoms with Crippen LogP contribution in [0, 0.1) is 18.8 Å². The second kappa shape index (κ2) is 6.19. The van der Waals surface area contributed by atoms with Crippen LogP contribution in [-0.2, 0) is 11.0 Å². The van der Waals surface area contributed by atoms with Gasteiger partial charge in [-0.1, -0.05) is 0 Å². The van der Waals surface area contributed by atoms with Crippen LogP contribution in [0.25, 0.3) is 17.6 Å². The van der Waals surface area contributed by atoms with Crippen molar-refractivity contribution in [1.82, 2.24) is 19.7 Å². The van der Waals surface area contributed by atoms with Crippen molar-refractivity contribution >= 4 is 12.1 Å². The standard InChI is InChI=1S/C18H18F3N5O/c1-10-4-11(6-12(5-10)18(19,20)21)17-23-9-26(24-17)3-2-15(27)25-7-13-14(8-25)16(13)22/h2-6,9,13-14,16H,7-8,22H2,1H3/b3-2-. The lowest BCUT2D eigenvalue weighted by atomic mass is 10.1. The highest BCUT2D eigenvalue weighted by Crippen LogP contribution is 2.43. The number of nitrogens with two attached hydrogens (primary N) is 1. The summed E-state index contributed by atoms with van der Waals surface area (Å²) in [7, 11) is 0. The predicted molar refractivity (Wildman–Crippen MR) is 92.1 cm³/mol. The lowest BCUT2D eigenvalue weighted by Gasteiger charge is -2.16. The number of piperidine rings is 1. The molecule has 2 aromatic rings. The van der Waals surface area contributed by atoms with E-state index in [1.165, 1.54) is 23.3 Å². The molecule has 2 heterocycles. The van der Waals surface area contributed by atoms with E-state index in [1.54, 1.807) is 17.9 Å². The fourth-order valence-electron chi connectivity index (χ4n) is 3.55. The van der Waals surface area contributed by atoms with E-state index in [9.17, 15) is 18.0 Å². The van der Waals surface area contributed by atoms with E-state index in [-0.39, 0.29) is 23.3 Å². The summed E-state index contributed by atoms with van der Waals surface area (Å²) in [5.74, 6) is 0.838. The highest BCUT2D eigenvalue weighted by atomic mass is 19.4. The third kappa shape index (κ3) is 3.46. The Morgan fingerprint density at radius 1 is 1.26 bits per heavy atom. The Bertz CT molecular complexity index is 908. The van der Waals surface area contributed by atoms with Crippen molar-refractivity contribution in [3.8, 4) is 11.4 Å². The molecule has 2 atom stereocenters. The van der Waals surface area contributed by atoms with Gasteiger partial charge >= 0.3 is 6.18 Å². The molecule has 1 aliphatic carbocycles. The topological polar surface area (TPSA) is 77.0 Å². The van der Waals surface area contributed by atoms with Crippen LogP contribution in [0.3, 0.4) is 0 Å². The Morgan fingerprint density at radius 2 is 1.96 bits per heavy atom. The van der Waals surface area contributed by atoms with Crippen LogP contribution in [0.4, 0.5) is 13.2 Å². The average molecular weight is 377 g/mol. The highest BCUT2D eigenvalue weighted by molar-refractivity contribution is 5.90. The molecule has 9 heteroatoms. The number of hydrogen-bond acceptors (Lipinski definition) is 4. The number of hydrogen-bond donors (Lipinski definition) is 1. The summed E-state index contributed by atoms with van der Waals surface area (Å²) in [6.45, 7) is 2.92. The number of carbonyl (C=O) groups is 1. The van der Waals surface area contributed by atoms with Gasteiger partial charge in [-0.15, -0.1) is 5.10 Å². The molecule has 1 aliphatic heterocycles. The molecular formula is C18H18F3N5O. The molecule has 1 amide bonds. The summed E-state index contributed by atoms with van der Waals surface area (Å²) < 4.78 is 40.2. The molecule has 27 heavy (non-hydrogen) atoms. The van der Waals surface area contributed by atoms with Crippen LogP contribution in [-0.4, -0.2) is 44.7 Å². The Kier molecular flexibility index (Phi) is 4.06. The Morgan fingerprint density at radius 3 is 2.63 bits per heavy atom. The quantitative estimate of drug-likeness (QED) is 0.832. The molecule has 2 aliphatic rings. The van der Waals surface area contributed by atoms with Crippen LogP contribution in [0.2, 0.25) is 0 Å². The third-order valence-corrected chi connectivity index (χ3v) is 5.11.